The molecule has 1 fully saturated rings. The third-order valence-corrected chi connectivity index (χ3v) is 4.57. The van der Waals surface area contributed by atoms with E-state index in [1.807, 2.05) is 42.6 Å². The predicted molar refractivity (Wildman–Crippen MR) is 98.0 cm³/mol. The van der Waals surface area contributed by atoms with E-state index in [2.05, 4.69) is 20.5 Å². The number of aromatic amines is 1. The third-order valence-electron chi connectivity index (χ3n) is 4.57. The molecule has 6 nitrogen and oxygen atoms in total. The van der Waals surface area contributed by atoms with Crippen LogP contribution in [0.2, 0.25) is 0 Å². The third kappa shape index (κ3) is 3.34. The molecule has 0 bridgehead atoms. The van der Waals surface area contributed by atoms with Gasteiger partial charge in [-0.15, -0.1) is 0 Å². The number of hydrogen-bond acceptors (Lipinski definition) is 3. The fourth-order valence-corrected chi connectivity index (χ4v) is 3.34. The molecule has 0 saturated carbocycles. The lowest BCUT2D eigenvalue weighted by Gasteiger charge is -2.14. The number of aromatic nitrogens is 1. The van der Waals surface area contributed by atoms with Crippen LogP contribution in [0.5, 0.6) is 0 Å². The molecule has 1 saturated heterocycles. The molecule has 0 spiro atoms. The first-order valence-corrected chi connectivity index (χ1v) is 8.52. The van der Waals surface area contributed by atoms with Crippen molar-refractivity contribution in [2.75, 3.05) is 30.3 Å². The number of nitrogens with zero attached hydrogens (tertiary/aromatic N) is 1. The van der Waals surface area contributed by atoms with Crippen molar-refractivity contribution in [3.05, 3.63) is 47.8 Å². The van der Waals surface area contributed by atoms with Crippen molar-refractivity contribution in [3.8, 4) is 0 Å². The highest BCUT2D eigenvalue weighted by molar-refractivity contribution is 6.35. The Morgan fingerprint density at radius 1 is 1.24 bits per heavy atom. The number of anilines is 2. The summed E-state index contributed by atoms with van der Waals surface area (Å²) in [5.74, 6) is -0.154. The molecule has 6 heteroatoms. The second-order valence-electron chi connectivity index (χ2n) is 6.43. The number of fused-ring (bicyclic) bond motifs is 1. The normalized spacial score (nSPS) is 18.4. The van der Waals surface area contributed by atoms with Gasteiger partial charge in [-0.2, -0.15) is 0 Å². The van der Waals surface area contributed by atoms with Crippen LogP contribution < -0.4 is 10.6 Å². The zero-order valence-electron chi connectivity index (χ0n) is 13.8. The Bertz CT molecular complexity index is 833. The highest BCUT2D eigenvalue weighted by Crippen LogP contribution is 2.34. The quantitative estimate of drug-likeness (QED) is 0.751. The summed E-state index contributed by atoms with van der Waals surface area (Å²) in [6, 6.07) is 9.28. The molecule has 25 heavy (non-hydrogen) atoms. The van der Waals surface area contributed by atoms with E-state index >= 15 is 0 Å². The minimum absolute atomic E-state index is 0.0194. The summed E-state index contributed by atoms with van der Waals surface area (Å²) in [6.07, 6.45) is 5.95. The maximum atomic E-state index is 12.2. The van der Waals surface area contributed by atoms with Gasteiger partial charge in [-0.3, -0.25) is 14.5 Å². The molecule has 2 amide bonds. The number of H-pyrrole nitrogens is 1. The van der Waals surface area contributed by atoms with Gasteiger partial charge in [0.1, 0.15) is 0 Å². The van der Waals surface area contributed by atoms with Gasteiger partial charge in [0, 0.05) is 28.8 Å². The molecule has 0 unspecified atom stereocenters. The fraction of sp³-hybridized carbons (Fsp3) is 0.263. The van der Waals surface area contributed by atoms with Gasteiger partial charge in [0.25, 0.3) is 5.91 Å². The van der Waals surface area contributed by atoms with Gasteiger partial charge in [0.15, 0.2) is 0 Å². The van der Waals surface area contributed by atoms with Crippen LogP contribution in [0.3, 0.4) is 0 Å². The minimum atomic E-state index is -0.134. The van der Waals surface area contributed by atoms with E-state index in [1.165, 1.54) is 0 Å². The number of hydrogen-bond donors (Lipinski definition) is 3. The lowest BCUT2D eigenvalue weighted by molar-refractivity contribution is -0.117. The van der Waals surface area contributed by atoms with Crippen LogP contribution in [0.1, 0.15) is 24.1 Å². The van der Waals surface area contributed by atoms with Gasteiger partial charge in [-0.25, -0.2) is 0 Å². The summed E-state index contributed by atoms with van der Waals surface area (Å²) in [5.41, 5.74) is 3.73. The maximum Gasteiger partial charge on any atom is 0.256 e. The number of carbonyl (C=O) groups excluding carboxylic acids is 2. The van der Waals surface area contributed by atoms with E-state index < -0.39 is 0 Å². The van der Waals surface area contributed by atoms with Gasteiger partial charge in [-0.05, 0) is 62.3 Å². The average Bonchev–Trinajstić information content (AvgIpc) is 3.32. The Morgan fingerprint density at radius 2 is 2.08 bits per heavy atom. The van der Waals surface area contributed by atoms with E-state index in [9.17, 15) is 9.59 Å². The molecule has 1 aromatic heterocycles. The topological polar surface area (TPSA) is 77.2 Å². The largest absolute Gasteiger partial charge is 0.362 e. The van der Waals surface area contributed by atoms with Crippen LogP contribution in [-0.2, 0) is 9.59 Å². The number of nitrogens with one attached hydrogen (secondary N) is 3. The van der Waals surface area contributed by atoms with E-state index in [1.54, 1.807) is 0 Å². The molecule has 2 aromatic rings. The van der Waals surface area contributed by atoms with Crippen molar-refractivity contribution in [1.29, 1.82) is 0 Å². The van der Waals surface area contributed by atoms with Crippen LogP contribution in [-0.4, -0.2) is 41.3 Å². The average molecular weight is 336 g/mol. The Hall–Kier alpha value is -2.86. The lowest BCUT2D eigenvalue weighted by Crippen LogP contribution is -2.30. The summed E-state index contributed by atoms with van der Waals surface area (Å²) in [4.78, 5) is 29.7. The van der Waals surface area contributed by atoms with E-state index in [0.29, 0.717) is 17.8 Å². The molecule has 2 aliphatic heterocycles. The summed E-state index contributed by atoms with van der Waals surface area (Å²) < 4.78 is 0. The van der Waals surface area contributed by atoms with Crippen LogP contribution >= 0.6 is 0 Å². The van der Waals surface area contributed by atoms with E-state index in [-0.39, 0.29) is 11.8 Å². The van der Waals surface area contributed by atoms with E-state index in [0.717, 1.165) is 42.9 Å². The number of amides is 2. The summed E-state index contributed by atoms with van der Waals surface area (Å²) >= 11 is 0. The molecule has 4 rings (SSSR count). The molecule has 3 heterocycles. The second-order valence-corrected chi connectivity index (χ2v) is 6.43. The van der Waals surface area contributed by atoms with E-state index in [4.69, 9.17) is 0 Å². The predicted octanol–water partition coefficient (Wildman–Crippen LogP) is 2.54. The number of benzene rings is 1. The lowest BCUT2D eigenvalue weighted by atomic mass is 10.1. The van der Waals surface area contributed by atoms with Gasteiger partial charge in [0.05, 0.1) is 12.1 Å². The van der Waals surface area contributed by atoms with Crippen molar-refractivity contribution in [2.24, 2.45) is 0 Å². The number of likely N-dealkylation sites (tertiary alicyclic amines) is 1. The first kappa shape index (κ1) is 15.7. The minimum Gasteiger partial charge on any atom is -0.362 e. The molecule has 128 valence electrons. The summed E-state index contributed by atoms with van der Waals surface area (Å²) in [7, 11) is 0. The van der Waals surface area contributed by atoms with Crippen molar-refractivity contribution < 1.29 is 9.59 Å². The molecule has 2 aliphatic rings. The van der Waals surface area contributed by atoms with Gasteiger partial charge >= 0.3 is 0 Å². The highest BCUT2D eigenvalue weighted by Gasteiger charge is 2.25. The zero-order valence-corrected chi connectivity index (χ0v) is 13.8. The summed E-state index contributed by atoms with van der Waals surface area (Å²) in [6.45, 7) is 2.39. The van der Waals surface area contributed by atoms with Crippen LogP contribution in [0.4, 0.5) is 11.4 Å². The molecule has 0 radical (unpaired) electrons. The molecule has 1 aromatic carbocycles. The summed E-state index contributed by atoms with van der Waals surface area (Å²) in [5, 5.41) is 5.80. The number of rotatable bonds is 4. The van der Waals surface area contributed by atoms with Gasteiger partial charge in [-0.1, -0.05) is 0 Å². The van der Waals surface area contributed by atoms with Crippen LogP contribution in [0.25, 0.3) is 11.6 Å². The highest BCUT2D eigenvalue weighted by atomic mass is 16.2. The molecule has 0 aliphatic carbocycles. The van der Waals surface area contributed by atoms with Crippen molar-refractivity contribution in [1.82, 2.24) is 9.88 Å². The maximum absolute atomic E-state index is 12.2. The number of carbonyl (C=O) groups is 2. The van der Waals surface area contributed by atoms with Crippen LogP contribution in [0, 0.1) is 0 Å². The molecular weight excluding hydrogens is 316 g/mol. The second kappa shape index (κ2) is 6.57. The SMILES string of the molecule is O=C(CN1CCCC1)Nc1ccc2c(c1)/C(=C/c1ccc[nH]1)C(=O)N2. The molecule has 0 atom stereocenters. The Morgan fingerprint density at radius 3 is 2.84 bits per heavy atom. The van der Waals surface area contributed by atoms with Crippen molar-refractivity contribution in [2.45, 2.75) is 12.8 Å². The zero-order chi connectivity index (χ0) is 17.2. The monoisotopic (exact) mass is 336 g/mol. The van der Waals surface area contributed by atoms with Crippen molar-refractivity contribution in [3.63, 3.8) is 0 Å². The molecular formula is C19H20N4O2. The van der Waals surface area contributed by atoms with Crippen LogP contribution in [0.15, 0.2) is 36.5 Å². The smallest absolute Gasteiger partial charge is 0.256 e. The standard InChI is InChI=1S/C19H20N4O2/c24-18(12-23-8-1-2-9-23)21-14-5-6-17-15(11-14)16(19(25)22-17)10-13-4-3-7-20-13/h3-7,10-11,20H,1-2,8-9,12H2,(H,21,24)(H,22,25)/b16-10-. The Balaban J connectivity index is 1.54. The molecule has 3 N–H and O–H groups in total. The first-order chi connectivity index (χ1) is 12.2. The first-order valence-electron chi connectivity index (χ1n) is 8.52. The Kier molecular flexibility index (Phi) is 4.11. The Labute approximate surface area is 145 Å². The van der Waals surface area contributed by atoms with Gasteiger partial charge < -0.3 is 15.6 Å². The van der Waals surface area contributed by atoms with Gasteiger partial charge in [0.2, 0.25) is 5.91 Å². The van der Waals surface area contributed by atoms with Crippen molar-refractivity contribution >= 4 is 34.8 Å². The fourth-order valence-electron chi connectivity index (χ4n) is 3.34.